The Balaban J connectivity index is 2.76. The molecule has 0 spiro atoms. The first kappa shape index (κ1) is 10.7. The highest BCUT2D eigenvalue weighted by Crippen LogP contribution is 2.26. The standard InChI is InChI=1S/C10H7FN2O2S/c1-3-6-7(10(14)15-11)4-12-9-8(6)13-5(2)16-9/h3-4H,1H2,2H3. The van der Waals surface area contributed by atoms with E-state index in [4.69, 9.17) is 0 Å². The smallest absolute Gasteiger partial charge is 0.249 e. The molecule has 0 saturated carbocycles. The van der Waals surface area contributed by atoms with Gasteiger partial charge in [0.25, 0.3) is 0 Å². The van der Waals surface area contributed by atoms with E-state index in [0.29, 0.717) is 15.9 Å². The Hall–Kier alpha value is -1.82. The molecular formula is C10H7FN2O2S. The average Bonchev–Trinajstić information content (AvgIpc) is 2.66. The van der Waals surface area contributed by atoms with Gasteiger partial charge in [0.05, 0.1) is 10.6 Å². The van der Waals surface area contributed by atoms with Gasteiger partial charge >= 0.3 is 5.97 Å². The Labute approximate surface area is 94.3 Å². The molecule has 16 heavy (non-hydrogen) atoms. The fraction of sp³-hybridized carbons (Fsp3) is 0.100. The summed E-state index contributed by atoms with van der Waals surface area (Å²) in [4.78, 5) is 23.2. The molecule has 0 saturated heterocycles. The molecule has 0 unspecified atom stereocenters. The second-order valence-electron chi connectivity index (χ2n) is 3.04. The number of hydrogen-bond donors (Lipinski definition) is 0. The van der Waals surface area contributed by atoms with Crippen molar-refractivity contribution in [3.05, 3.63) is 28.9 Å². The van der Waals surface area contributed by atoms with Gasteiger partial charge in [0.1, 0.15) is 10.3 Å². The first-order valence-corrected chi connectivity index (χ1v) is 5.20. The second-order valence-corrected chi connectivity index (χ2v) is 4.22. The number of nitrogens with zero attached hydrogens (tertiary/aromatic N) is 2. The van der Waals surface area contributed by atoms with Gasteiger partial charge in [-0.1, -0.05) is 24.0 Å². The van der Waals surface area contributed by atoms with Crippen molar-refractivity contribution in [2.75, 3.05) is 0 Å². The minimum atomic E-state index is -1.09. The molecule has 2 aromatic heterocycles. The van der Waals surface area contributed by atoms with Crippen LogP contribution < -0.4 is 0 Å². The van der Waals surface area contributed by atoms with Crippen molar-refractivity contribution in [3.8, 4) is 0 Å². The number of halogens is 1. The van der Waals surface area contributed by atoms with Crippen LogP contribution in [-0.4, -0.2) is 15.9 Å². The molecule has 0 aliphatic carbocycles. The van der Waals surface area contributed by atoms with Crippen LogP contribution in [-0.2, 0) is 4.94 Å². The maximum atomic E-state index is 11.9. The van der Waals surface area contributed by atoms with Crippen LogP contribution in [0.4, 0.5) is 4.53 Å². The van der Waals surface area contributed by atoms with Crippen LogP contribution in [0, 0.1) is 6.92 Å². The molecule has 0 aromatic carbocycles. The van der Waals surface area contributed by atoms with Gasteiger partial charge in [-0.2, -0.15) is 0 Å². The summed E-state index contributed by atoms with van der Waals surface area (Å²) in [6, 6.07) is 0. The Morgan fingerprint density at radius 3 is 3.06 bits per heavy atom. The predicted molar refractivity (Wildman–Crippen MR) is 58.8 cm³/mol. The van der Waals surface area contributed by atoms with Gasteiger partial charge in [-0.3, -0.25) is 0 Å². The second kappa shape index (κ2) is 3.97. The van der Waals surface area contributed by atoms with Crippen LogP contribution in [0.1, 0.15) is 20.9 Å². The van der Waals surface area contributed by atoms with Crippen LogP contribution >= 0.6 is 11.3 Å². The monoisotopic (exact) mass is 238 g/mol. The van der Waals surface area contributed by atoms with E-state index in [1.54, 1.807) is 0 Å². The number of thiazole rings is 1. The number of carbonyl (C=O) groups is 1. The van der Waals surface area contributed by atoms with E-state index in [2.05, 4.69) is 21.5 Å². The highest BCUT2D eigenvalue weighted by Gasteiger charge is 2.17. The lowest BCUT2D eigenvalue weighted by Gasteiger charge is -2.00. The largest absolute Gasteiger partial charge is 0.381 e. The molecule has 0 aliphatic rings. The number of rotatable bonds is 2. The van der Waals surface area contributed by atoms with E-state index in [-0.39, 0.29) is 5.56 Å². The summed E-state index contributed by atoms with van der Waals surface area (Å²) in [5, 5.41) is 0.816. The zero-order chi connectivity index (χ0) is 11.7. The van der Waals surface area contributed by atoms with Crippen LogP contribution in [0.3, 0.4) is 0 Å². The molecule has 0 radical (unpaired) electrons. The quantitative estimate of drug-likeness (QED) is 0.807. The lowest BCUT2D eigenvalue weighted by atomic mass is 10.1. The van der Waals surface area contributed by atoms with E-state index in [9.17, 15) is 9.32 Å². The third-order valence-corrected chi connectivity index (χ3v) is 2.95. The van der Waals surface area contributed by atoms with Crippen molar-refractivity contribution in [1.82, 2.24) is 9.97 Å². The molecule has 0 N–H and O–H groups in total. The summed E-state index contributed by atoms with van der Waals surface area (Å²) in [6.07, 6.45) is 2.70. The van der Waals surface area contributed by atoms with Crippen molar-refractivity contribution < 1.29 is 14.3 Å². The molecule has 2 rings (SSSR count). The summed E-state index contributed by atoms with van der Waals surface area (Å²) < 4.78 is 11.9. The third kappa shape index (κ3) is 1.57. The number of aromatic nitrogens is 2. The Bertz CT molecular complexity index is 579. The summed E-state index contributed by atoms with van der Waals surface area (Å²) in [5.41, 5.74) is 1.01. The maximum absolute atomic E-state index is 11.9. The lowest BCUT2D eigenvalue weighted by Crippen LogP contribution is -2.03. The fourth-order valence-corrected chi connectivity index (χ4v) is 2.18. The van der Waals surface area contributed by atoms with Crippen molar-refractivity contribution in [1.29, 1.82) is 0 Å². The minimum Gasteiger partial charge on any atom is -0.249 e. The molecule has 0 aliphatic heterocycles. The average molecular weight is 238 g/mol. The van der Waals surface area contributed by atoms with Gasteiger partial charge in [0.15, 0.2) is 0 Å². The van der Waals surface area contributed by atoms with Crippen molar-refractivity contribution in [2.45, 2.75) is 6.92 Å². The molecule has 2 aromatic rings. The molecule has 0 atom stereocenters. The predicted octanol–water partition coefficient (Wildman–Crippen LogP) is 2.68. The highest BCUT2D eigenvalue weighted by atomic mass is 32.1. The number of hydrogen-bond acceptors (Lipinski definition) is 5. The Morgan fingerprint density at radius 2 is 2.44 bits per heavy atom. The number of fused-ring (bicyclic) bond motifs is 1. The molecule has 0 fully saturated rings. The van der Waals surface area contributed by atoms with Gasteiger partial charge in [-0.25, -0.2) is 19.7 Å². The zero-order valence-corrected chi connectivity index (χ0v) is 9.18. The minimum absolute atomic E-state index is 0.0234. The van der Waals surface area contributed by atoms with Gasteiger partial charge in [-0.05, 0) is 6.92 Å². The SMILES string of the molecule is C=Cc1c(C(=O)OF)cnc2sc(C)nc12. The van der Waals surface area contributed by atoms with Crippen molar-refractivity contribution >= 4 is 33.7 Å². The van der Waals surface area contributed by atoms with Crippen molar-refractivity contribution in [2.24, 2.45) is 0 Å². The van der Waals surface area contributed by atoms with Gasteiger partial charge in [0.2, 0.25) is 0 Å². The van der Waals surface area contributed by atoms with Crippen LogP contribution in [0.2, 0.25) is 0 Å². The number of pyridine rings is 1. The van der Waals surface area contributed by atoms with E-state index in [0.717, 1.165) is 5.01 Å². The third-order valence-electron chi connectivity index (χ3n) is 2.07. The molecule has 4 nitrogen and oxygen atoms in total. The fourth-order valence-electron chi connectivity index (χ4n) is 1.41. The first-order valence-electron chi connectivity index (χ1n) is 4.39. The number of aryl methyl sites for hydroxylation is 1. The zero-order valence-electron chi connectivity index (χ0n) is 8.36. The van der Waals surface area contributed by atoms with E-state index in [1.165, 1.54) is 23.6 Å². The van der Waals surface area contributed by atoms with Crippen LogP contribution in [0.25, 0.3) is 16.4 Å². The molecule has 0 bridgehead atoms. The van der Waals surface area contributed by atoms with Gasteiger partial charge in [-0.15, -0.1) is 0 Å². The topological polar surface area (TPSA) is 52.1 Å². The molecule has 82 valence electrons. The highest BCUT2D eigenvalue weighted by molar-refractivity contribution is 7.18. The Kier molecular flexibility index (Phi) is 2.66. The van der Waals surface area contributed by atoms with Crippen LogP contribution in [0.5, 0.6) is 0 Å². The van der Waals surface area contributed by atoms with Crippen molar-refractivity contribution in [3.63, 3.8) is 0 Å². The normalized spacial score (nSPS) is 10.4. The van der Waals surface area contributed by atoms with E-state index < -0.39 is 5.97 Å². The maximum Gasteiger partial charge on any atom is 0.381 e. The summed E-state index contributed by atoms with van der Waals surface area (Å²) >= 11 is 1.39. The first-order chi connectivity index (χ1) is 7.67. The summed E-state index contributed by atoms with van der Waals surface area (Å²) in [7, 11) is 0. The van der Waals surface area contributed by atoms with Gasteiger partial charge < -0.3 is 0 Å². The van der Waals surface area contributed by atoms with Crippen LogP contribution in [0.15, 0.2) is 12.8 Å². The molecule has 0 amide bonds. The number of carbonyl (C=O) groups excluding carboxylic acids is 1. The Morgan fingerprint density at radius 1 is 1.69 bits per heavy atom. The van der Waals surface area contributed by atoms with Gasteiger partial charge in [0, 0.05) is 16.3 Å². The molecule has 2 heterocycles. The summed E-state index contributed by atoms with van der Waals surface area (Å²) in [6.45, 7) is 5.40. The molecule has 6 heteroatoms. The summed E-state index contributed by atoms with van der Waals surface area (Å²) in [5.74, 6) is -1.09. The van der Waals surface area contributed by atoms with E-state index >= 15 is 0 Å². The molecular weight excluding hydrogens is 231 g/mol. The van der Waals surface area contributed by atoms with E-state index in [1.807, 2.05) is 6.92 Å². The lowest BCUT2D eigenvalue weighted by molar-refractivity contribution is -0.0788.